The second-order valence-electron chi connectivity index (χ2n) is 3.62. The van der Waals surface area contributed by atoms with Gasteiger partial charge in [0.1, 0.15) is 5.78 Å². The molecule has 0 N–H and O–H groups in total. The molecule has 0 aliphatic rings. The topological polar surface area (TPSA) is 92.1 Å². The summed E-state index contributed by atoms with van der Waals surface area (Å²) < 4.78 is 4.90. The third-order valence-electron chi connectivity index (χ3n) is 2.25. The summed E-state index contributed by atoms with van der Waals surface area (Å²) in [5.74, 6) is -1.34. The summed E-state index contributed by atoms with van der Waals surface area (Å²) in [4.78, 5) is 24.9. The number of rotatable bonds is 6. The van der Waals surface area contributed by atoms with Gasteiger partial charge in [-0.05, 0) is 18.0 Å². The van der Waals surface area contributed by atoms with E-state index in [-0.39, 0.29) is 6.61 Å². The van der Waals surface area contributed by atoms with Gasteiger partial charge in [-0.1, -0.05) is 35.4 Å². The summed E-state index contributed by atoms with van der Waals surface area (Å²) in [5, 5.41) is 3.11. The zero-order valence-electron chi connectivity index (χ0n) is 9.94. The second-order valence-corrected chi connectivity index (χ2v) is 3.62. The fourth-order valence-electron chi connectivity index (χ4n) is 1.34. The molecular formula is C12H13N3O3. The van der Waals surface area contributed by atoms with Gasteiger partial charge in [-0.25, -0.2) is 0 Å². The molecule has 1 rings (SSSR count). The van der Waals surface area contributed by atoms with Crippen LogP contribution >= 0.6 is 0 Å². The van der Waals surface area contributed by atoms with E-state index in [2.05, 4.69) is 10.0 Å². The Morgan fingerprint density at radius 3 is 2.61 bits per heavy atom. The van der Waals surface area contributed by atoms with Crippen LogP contribution in [0.3, 0.4) is 0 Å². The summed E-state index contributed by atoms with van der Waals surface area (Å²) in [5.41, 5.74) is 9.26. The average Bonchev–Trinajstić information content (AvgIpc) is 2.36. The van der Waals surface area contributed by atoms with Crippen LogP contribution in [-0.4, -0.2) is 24.4 Å². The Labute approximate surface area is 104 Å². The van der Waals surface area contributed by atoms with Crippen LogP contribution in [0.15, 0.2) is 35.4 Å². The summed E-state index contributed by atoms with van der Waals surface area (Å²) in [6, 6.07) is 8.09. The standard InChI is InChI=1S/C12H13N3O3/c1-9(16)11(14-15-13)12(17)18-8-7-10-5-3-2-4-6-10/h2-6,11H,7-8H2,1H3. The highest BCUT2D eigenvalue weighted by Crippen LogP contribution is 2.02. The van der Waals surface area contributed by atoms with Crippen molar-refractivity contribution in [2.75, 3.05) is 6.61 Å². The van der Waals surface area contributed by atoms with Crippen LogP contribution in [0.2, 0.25) is 0 Å². The van der Waals surface area contributed by atoms with E-state index < -0.39 is 17.8 Å². The van der Waals surface area contributed by atoms with Crippen LogP contribution in [0.1, 0.15) is 12.5 Å². The summed E-state index contributed by atoms with van der Waals surface area (Å²) in [6.45, 7) is 1.32. The molecule has 0 aliphatic heterocycles. The fourth-order valence-corrected chi connectivity index (χ4v) is 1.34. The molecule has 6 heteroatoms. The molecule has 0 saturated carbocycles. The largest absolute Gasteiger partial charge is 0.465 e. The number of azide groups is 1. The highest BCUT2D eigenvalue weighted by atomic mass is 16.5. The lowest BCUT2D eigenvalue weighted by atomic mass is 10.2. The molecule has 0 radical (unpaired) electrons. The molecule has 0 bridgehead atoms. The van der Waals surface area contributed by atoms with Crippen LogP contribution in [0.5, 0.6) is 0 Å². The molecule has 1 aromatic carbocycles. The number of ether oxygens (including phenoxy) is 1. The van der Waals surface area contributed by atoms with E-state index in [0.717, 1.165) is 5.56 Å². The lowest BCUT2D eigenvalue weighted by Gasteiger charge is -2.08. The van der Waals surface area contributed by atoms with Crippen molar-refractivity contribution >= 4 is 11.8 Å². The van der Waals surface area contributed by atoms with Gasteiger partial charge in [0.05, 0.1) is 6.61 Å². The lowest BCUT2D eigenvalue weighted by Crippen LogP contribution is -2.28. The van der Waals surface area contributed by atoms with Gasteiger partial charge in [0.2, 0.25) is 0 Å². The number of carbonyl (C=O) groups is 2. The van der Waals surface area contributed by atoms with Crippen molar-refractivity contribution in [2.24, 2.45) is 5.11 Å². The smallest absolute Gasteiger partial charge is 0.322 e. The van der Waals surface area contributed by atoms with E-state index in [0.29, 0.717) is 6.42 Å². The van der Waals surface area contributed by atoms with Crippen molar-refractivity contribution in [2.45, 2.75) is 19.4 Å². The van der Waals surface area contributed by atoms with Crippen LogP contribution in [0.4, 0.5) is 0 Å². The van der Waals surface area contributed by atoms with Crippen molar-refractivity contribution in [1.82, 2.24) is 0 Å². The molecule has 0 spiro atoms. The van der Waals surface area contributed by atoms with E-state index in [1.165, 1.54) is 6.92 Å². The minimum atomic E-state index is -1.38. The lowest BCUT2D eigenvalue weighted by molar-refractivity contribution is -0.147. The molecule has 0 fully saturated rings. The zero-order valence-corrected chi connectivity index (χ0v) is 9.94. The number of hydrogen-bond acceptors (Lipinski definition) is 4. The number of carbonyl (C=O) groups excluding carboxylic acids is 2. The average molecular weight is 247 g/mol. The summed E-state index contributed by atoms with van der Waals surface area (Å²) in [6.07, 6.45) is 0.549. The van der Waals surface area contributed by atoms with Crippen molar-refractivity contribution in [3.63, 3.8) is 0 Å². The van der Waals surface area contributed by atoms with Crippen LogP contribution in [0, 0.1) is 0 Å². The van der Waals surface area contributed by atoms with Gasteiger partial charge in [-0.3, -0.25) is 9.59 Å². The van der Waals surface area contributed by atoms with Gasteiger partial charge in [0.15, 0.2) is 6.04 Å². The van der Waals surface area contributed by atoms with E-state index in [9.17, 15) is 9.59 Å². The second kappa shape index (κ2) is 7.09. The van der Waals surface area contributed by atoms with Gasteiger partial charge in [0, 0.05) is 11.3 Å². The van der Waals surface area contributed by atoms with Gasteiger partial charge >= 0.3 is 5.97 Å². The maximum Gasteiger partial charge on any atom is 0.322 e. The molecule has 0 heterocycles. The monoisotopic (exact) mass is 247 g/mol. The van der Waals surface area contributed by atoms with Gasteiger partial charge in [-0.15, -0.1) is 0 Å². The molecule has 0 amide bonds. The van der Waals surface area contributed by atoms with Gasteiger partial charge in [-0.2, -0.15) is 0 Å². The molecule has 0 aliphatic carbocycles. The van der Waals surface area contributed by atoms with Crippen LogP contribution in [-0.2, 0) is 20.7 Å². The first-order valence-corrected chi connectivity index (χ1v) is 5.40. The Balaban J connectivity index is 2.45. The molecule has 94 valence electrons. The van der Waals surface area contributed by atoms with Crippen LogP contribution < -0.4 is 0 Å². The number of hydrogen-bond donors (Lipinski definition) is 0. The molecule has 18 heavy (non-hydrogen) atoms. The first kappa shape index (κ1) is 13.7. The van der Waals surface area contributed by atoms with Crippen molar-refractivity contribution < 1.29 is 14.3 Å². The molecular weight excluding hydrogens is 234 g/mol. The Bertz CT molecular complexity index is 465. The molecule has 0 saturated heterocycles. The zero-order chi connectivity index (χ0) is 13.4. The number of nitrogens with zero attached hydrogens (tertiary/aromatic N) is 3. The number of esters is 1. The molecule has 1 unspecified atom stereocenters. The number of benzene rings is 1. The first-order valence-electron chi connectivity index (χ1n) is 5.40. The molecule has 0 aromatic heterocycles. The summed E-state index contributed by atoms with van der Waals surface area (Å²) in [7, 11) is 0. The molecule has 1 aromatic rings. The highest BCUT2D eigenvalue weighted by molar-refractivity contribution is 6.02. The SMILES string of the molecule is CC(=O)C(N=[N+]=[N-])C(=O)OCCc1ccccc1. The predicted molar refractivity (Wildman–Crippen MR) is 64.7 cm³/mol. The third kappa shape index (κ3) is 4.27. The minimum Gasteiger partial charge on any atom is -0.465 e. The minimum absolute atomic E-state index is 0.146. The van der Waals surface area contributed by atoms with E-state index >= 15 is 0 Å². The third-order valence-corrected chi connectivity index (χ3v) is 2.25. The van der Waals surface area contributed by atoms with Crippen LogP contribution in [0.25, 0.3) is 10.4 Å². The predicted octanol–water partition coefficient (Wildman–Crippen LogP) is 2.04. The normalized spacial score (nSPS) is 11.2. The number of ketones is 1. The van der Waals surface area contributed by atoms with Gasteiger partial charge in [0.25, 0.3) is 0 Å². The molecule has 6 nitrogen and oxygen atoms in total. The van der Waals surface area contributed by atoms with Crippen molar-refractivity contribution in [3.05, 3.63) is 46.3 Å². The van der Waals surface area contributed by atoms with Crippen molar-refractivity contribution in [3.8, 4) is 0 Å². The summed E-state index contributed by atoms with van der Waals surface area (Å²) >= 11 is 0. The maximum atomic E-state index is 11.5. The number of Topliss-reactive ketones (excluding diaryl/α,β-unsaturated/α-hetero) is 1. The molecule has 1 atom stereocenters. The van der Waals surface area contributed by atoms with E-state index in [1.54, 1.807) is 0 Å². The van der Waals surface area contributed by atoms with Gasteiger partial charge < -0.3 is 4.74 Å². The Morgan fingerprint density at radius 2 is 2.06 bits per heavy atom. The Kier molecular flexibility index (Phi) is 5.41. The highest BCUT2D eigenvalue weighted by Gasteiger charge is 2.23. The van der Waals surface area contributed by atoms with Crippen molar-refractivity contribution in [1.29, 1.82) is 0 Å². The fraction of sp³-hybridized carbons (Fsp3) is 0.333. The van der Waals surface area contributed by atoms with E-state index in [4.69, 9.17) is 10.3 Å². The van der Waals surface area contributed by atoms with E-state index in [1.807, 2.05) is 30.3 Å². The quantitative estimate of drug-likeness (QED) is 0.253. The first-order chi connectivity index (χ1) is 8.65. The Hall–Kier alpha value is -2.33. The Morgan fingerprint density at radius 1 is 1.39 bits per heavy atom. The maximum absolute atomic E-state index is 11.5.